The first-order valence-electron chi connectivity index (χ1n) is 11.5. The van der Waals surface area contributed by atoms with Gasteiger partial charge in [-0.1, -0.05) is 61.9 Å². The molecule has 0 saturated carbocycles. The van der Waals surface area contributed by atoms with Gasteiger partial charge in [-0.2, -0.15) is 0 Å². The van der Waals surface area contributed by atoms with Crippen LogP contribution in [0.5, 0.6) is 5.75 Å². The van der Waals surface area contributed by atoms with Crippen LogP contribution in [-0.4, -0.2) is 24.0 Å². The molecule has 0 bridgehead atoms. The summed E-state index contributed by atoms with van der Waals surface area (Å²) in [4.78, 5) is 5.13. The van der Waals surface area contributed by atoms with Crippen molar-refractivity contribution in [2.45, 2.75) is 83.5 Å². The van der Waals surface area contributed by atoms with Crippen LogP contribution in [0.4, 0.5) is 4.39 Å². The summed E-state index contributed by atoms with van der Waals surface area (Å²) in [6, 6.07) is 13.5. The van der Waals surface area contributed by atoms with Crippen molar-refractivity contribution in [1.82, 2.24) is 9.55 Å². The van der Waals surface area contributed by atoms with E-state index in [1.54, 1.807) is 0 Å². The van der Waals surface area contributed by atoms with Gasteiger partial charge >= 0.3 is 0 Å². The van der Waals surface area contributed by atoms with E-state index in [9.17, 15) is 4.39 Å². The van der Waals surface area contributed by atoms with Crippen LogP contribution >= 0.6 is 15.9 Å². The lowest BCUT2D eigenvalue weighted by atomic mass is 9.98. The van der Waals surface area contributed by atoms with Gasteiger partial charge in [-0.15, -0.1) is 0 Å². The molecule has 0 N–H and O–H groups in total. The summed E-state index contributed by atoms with van der Waals surface area (Å²) in [6.07, 6.45) is -0.410. The van der Waals surface area contributed by atoms with Crippen LogP contribution in [0.3, 0.4) is 0 Å². The Hall–Kier alpha value is -1.66. The number of hydrogen-bond acceptors (Lipinski definition) is 2. The van der Waals surface area contributed by atoms with Crippen LogP contribution in [0.25, 0.3) is 11.0 Å². The highest BCUT2D eigenvalue weighted by Crippen LogP contribution is 2.52. The molecule has 2 heterocycles. The Morgan fingerprint density at radius 1 is 1.25 bits per heavy atom. The minimum Gasteiger partial charge on any atom is -0.460 e. The monoisotopic (exact) mass is 516 g/mol. The maximum Gasteiger partial charge on any atom is 0.235 e. The Morgan fingerprint density at radius 3 is 2.62 bits per heavy atom. The van der Waals surface area contributed by atoms with Gasteiger partial charge in [0.15, 0.2) is 0 Å². The summed E-state index contributed by atoms with van der Waals surface area (Å²) < 4.78 is 22.9. The average Bonchev–Trinajstić information content (AvgIpc) is 3.18. The van der Waals surface area contributed by atoms with Crippen LogP contribution in [-0.2, 0) is 0 Å². The normalized spacial score (nSPS) is 19.9. The first-order chi connectivity index (χ1) is 14.9. The minimum atomic E-state index is -1.54. The molecule has 3 nitrogen and oxygen atoms in total. The smallest absolute Gasteiger partial charge is 0.235 e. The highest BCUT2D eigenvalue weighted by atomic mass is 79.9. The lowest BCUT2D eigenvalue weighted by Gasteiger charge is -2.38. The van der Waals surface area contributed by atoms with Gasteiger partial charge in [-0.3, -0.25) is 0 Å². The van der Waals surface area contributed by atoms with E-state index in [1.165, 1.54) is 18.5 Å². The van der Waals surface area contributed by atoms with E-state index in [0.717, 1.165) is 33.3 Å². The maximum absolute atomic E-state index is 13.9. The van der Waals surface area contributed by atoms with E-state index in [2.05, 4.69) is 79.5 Å². The quantitative estimate of drug-likeness (QED) is 0.318. The van der Waals surface area contributed by atoms with Crippen molar-refractivity contribution in [2.24, 2.45) is 0 Å². The van der Waals surface area contributed by atoms with Gasteiger partial charge in [-0.05, 0) is 54.3 Å². The molecule has 32 heavy (non-hydrogen) atoms. The largest absolute Gasteiger partial charge is 0.460 e. The van der Waals surface area contributed by atoms with E-state index in [1.807, 2.05) is 18.2 Å². The fourth-order valence-electron chi connectivity index (χ4n) is 4.78. The lowest BCUT2D eigenvalue weighted by Crippen LogP contribution is -2.38. The molecule has 172 valence electrons. The molecule has 1 aliphatic heterocycles. The number of alkyl halides is 1. The number of ether oxygens (including phenoxy) is 1. The molecule has 1 aromatic heterocycles. The van der Waals surface area contributed by atoms with Crippen LogP contribution < -0.4 is 4.74 Å². The molecule has 3 aromatic rings. The van der Waals surface area contributed by atoms with Gasteiger partial charge in [0.1, 0.15) is 11.6 Å². The van der Waals surface area contributed by atoms with Gasteiger partial charge in [0.2, 0.25) is 6.36 Å². The van der Waals surface area contributed by atoms with Crippen molar-refractivity contribution < 1.29 is 9.13 Å². The molecule has 6 heteroatoms. The first kappa shape index (κ1) is 23.5. The number of benzene rings is 2. The molecule has 4 rings (SSSR count). The standard InChI is InChI=1S/C26H34BrFN2OSi/c1-16-11-12-20-21(13-16)30-22(24-19(27)9-8-10-23(24)31-17(2)28)14-18(25(30)29-20)15-32(6,7)26(3,4)5/h8-13,17-18,22H,14-15H2,1-7H3/t17?,18-,22?/m1/s1. The molecule has 2 unspecified atom stereocenters. The second kappa shape index (κ2) is 8.28. The fraction of sp³-hybridized carbons (Fsp3) is 0.500. The van der Waals surface area contributed by atoms with E-state index in [0.29, 0.717) is 16.7 Å². The molecule has 1 aliphatic rings. The Kier molecular flexibility index (Phi) is 6.08. The van der Waals surface area contributed by atoms with Crippen molar-refractivity contribution in [3.63, 3.8) is 0 Å². The molecule has 0 spiro atoms. The van der Waals surface area contributed by atoms with E-state index in [4.69, 9.17) is 9.72 Å². The first-order valence-corrected chi connectivity index (χ1v) is 15.5. The fourth-order valence-corrected chi connectivity index (χ4v) is 7.59. The van der Waals surface area contributed by atoms with Gasteiger partial charge in [-0.25, -0.2) is 9.37 Å². The topological polar surface area (TPSA) is 27.1 Å². The number of imidazole rings is 1. The third-order valence-electron chi connectivity index (χ3n) is 7.48. The SMILES string of the molecule is Cc1ccc2nc3n(c2c1)C(c1c(Br)cccc1OC(C)F)C[C@@H]3C[Si](C)(C)C(C)(C)C. The number of nitrogens with zero attached hydrogens (tertiary/aromatic N) is 2. The Labute approximate surface area is 200 Å². The second-order valence-electron chi connectivity index (χ2n) is 10.9. The van der Waals surface area contributed by atoms with Gasteiger partial charge in [0.25, 0.3) is 0 Å². The van der Waals surface area contributed by atoms with Gasteiger partial charge in [0.05, 0.1) is 25.1 Å². The predicted octanol–water partition coefficient (Wildman–Crippen LogP) is 8.39. The zero-order chi connectivity index (χ0) is 23.4. The number of fused-ring (bicyclic) bond motifs is 3. The van der Waals surface area contributed by atoms with Crippen molar-refractivity contribution in [3.8, 4) is 5.75 Å². The van der Waals surface area contributed by atoms with Crippen molar-refractivity contribution in [2.75, 3.05) is 0 Å². The number of aryl methyl sites for hydroxylation is 1. The third-order valence-corrected chi connectivity index (χ3v) is 13.7. The molecule has 0 saturated heterocycles. The molecule has 2 aromatic carbocycles. The van der Waals surface area contributed by atoms with Crippen LogP contribution in [0.1, 0.15) is 63.0 Å². The van der Waals surface area contributed by atoms with Gasteiger partial charge in [0, 0.05) is 22.9 Å². The average molecular weight is 518 g/mol. The summed E-state index contributed by atoms with van der Waals surface area (Å²) in [7, 11) is -1.54. The zero-order valence-corrected chi connectivity index (χ0v) is 22.8. The highest BCUT2D eigenvalue weighted by molar-refractivity contribution is 9.10. The molecular formula is C26H34BrFN2OSi. The van der Waals surface area contributed by atoms with E-state index >= 15 is 0 Å². The molecular weight excluding hydrogens is 483 g/mol. The van der Waals surface area contributed by atoms with Crippen molar-refractivity contribution in [1.29, 1.82) is 0 Å². The van der Waals surface area contributed by atoms with Crippen molar-refractivity contribution >= 4 is 35.0 Å². The van der Waals surface area contributed by atoms with E-state index < -0.39 is 14.4 Å². The molecule has 0 aliphatic carbocycles. The van der Waals surface area contributed by atoms with Crippen LogP contribution in [0.15, 0.2) is 40.9 Å². The second-order valence-corrected chi connectivity index (χ2v) is 17.5. The summed E-state index contributed by atoms with van der Waals surface area (Å²) in [5.74, 6) is 2.14. The lowest BCUT2D eigenvalue weighted by molar-refractivity contribution is 0.0842. The number of halogens is 2. The van der Waals surface area contributed by atoms with E-state index in [-0.39, 0.29) is 6.04 Å². The van der Waals surface area contributed by atoms with Crippen molar-refractivity contribution in [3.05, 3.63) is 57.8 Å². The summed E-state index contributed by atoms with van der Waals surface area (Å²) in [5.41, 5.74) is 4.41. The highest BCUT2D eigenvalue weighted by Gasteiger charge is 2.43. The zero-order valence-electron chi connectivity index (χ0n) is 20.2. The predicted molar refractivity (Wildman–Crippen MR) is 137 cm³/mol. The number of hydrogen-bond donors (Lipinski definition) is 0. The molecule has 0 amide bonds. The third kappa shape index (κ3) is 4.16. The summed E-state index contributed by atoms with van der Waals surface area (Å²) in [6.45, 7) is 15.7. The Balaban J connectivity index is 1.89. The summed E-state index contributed by atoms with van der Waals surface area (Å²) in [5, 5.41) is 0.309. The molecule has 3 atom stereocenters. The minimum absolute atomic E-state index is 0.0518. The van der Waals surface area contributed by atoms with Crippen LogP contribution in [0.2, 0.25) is 24.2 Å². The molecule has 0 radical (unpaired) electrons. The molecule has 0 fully saturated rings. The van der Waals surface area contributed by atoms with Gasteiger partial charge < -0.3 is 9.30 Å². The number of aromatic nitrogens is 2. The summed E-state index contributed by atoms with van der Waals surface area (Å²) >= 11 is 3.75. The Bertz CT molecular complexity index is 1150. The maximum atomic E-state index is 13.9. The Morgan fingerprint density at radius 2 is 1.97 bits per heavy atom. The van der Waals surface area contributed by atoms with Crippen LogP contribution in [0, 0.1) is 6.92 Å². The number of rotatable bonds is 5.